The van der Waals surface area contributed by atoms with Crippen LogP contribution in [0.25, 0.3) is 0 Å². The van der Waals surface area contributed by atoms with E-state index in [2.05, 4.69) is 10.9 Å². The first-order chi connectivity index (χ1) is 8.07. The molecule has 0 radical (unpaired) electrons. The summed E-state index contributed by atoms with van der Waals surface area (Å²) in [4.78, 5) is 18.5. The van der Waals surface area contributed by atoms with E-state index in [1.165, 1.54) is 0 Å². The molecule has 11 heteroatoms. The Morgan fingerprint density at radius 1 is 1.33 bits per heavy atom. The summed E-state index contributed by atoms with van der Waals surface area (Å²) in [7, 11) is -4.72. The number of nitro benzene ring substituents is 1. The molecule has 1 amide bonds. The molecule has 1 aromatic carbocycles. The van der Waals surface area contributed by atoms with Gasteiger partial charge in [-0.25, -0.2) is 17.9 Å². The van der Waals surface area contributed by atoms with Crippen molar-refractivity contribution >= 4 is 21.6 Å². The summed E-state index contributed by atoms with van der Waals surface area (Å²) >= 11 is 0. The molecule has 0 atom stereocenters. The Morgan fingerprint density at radius 3 is 2.17 bits per heavy atom. The number of halogens is 2. The van der Waals surface area contributed by atoms with Crippen molar-refractivity contribution < 1.29 is 26.9 Å². The van der Waals surface area contributed by atoms with Gasteiger partial charge in [0.15, 0.2) is 5.82 Å². The molecule has 0 aromatic heterocycles. The summed E-state index contributed by atoms with van der Waals surface area (Å²) in [6, 6.07) is 0.0758. The van der Waals surface area contributed by atoms with Gasteiger partial charge in [0, 0.05) is 6.07 Å². The van der Waals surface area contributed by atoms with Gasteiger partial charge in [0.2, 0.25) is 15.8 Å². The summed E-state index contributed by atoms with van der Waals surface area (Å²) in [5.41, 5.74) is 1.66. The van der Waals surface area contributed by atoms with Gasteiger partial charge in [-0.1, -0.05) is 0 Å². The fourth-order valence-electron chi connectivity index (χ4n) is 1.15. The van der Waals surface area contributed by atoms with Crippen LogP contribution in [-0.2, 0) is 10.0 Å². The van der Waals surface area contributed by atoms with E-state index in [1.807, 2.05) is 0 Å². The predicted molar refractivity (Wildman–Crippen MR) is 52.9 cm³/mol. The number of rotatable bonds is 3. The second-order valence-electron chi connectivity index (χ2n) is 3.06. The number of nitrogens with two attached hydrogens (primary N) is 2. The maximum atomic E-state index is 13.5. The van der Waals surface area contributed by atoms with Crippen LogP contribution >= 0.6 is 0 Å². The van der Waals surface area contributed by atoms with E-state index in [1.54, 1.807) is 0 Å². The Labute approximate surface area is 98.4 Å². The molecule has 0 aliphatic carbocycles. The number of benzene rings is 1. The van der Waals surface area contributed by atoms with Crippen LogP contribution in [0.5, 0.6) is 0 Å². The van der Waals surface area contributed by atoms with Crippen LogP contribution in [0.1, 0.15) is 10.4 Å². The van der Waals surface area contributed by atoms with E-state index in [9.17, 15) is 32.1 Å². The highest BCUT2D eigenvalue weighted by Gasteiger charge is 2.31. The predicted octanol–water partition coefficient (Wildman–Crippen LogP) is -0.381. The Morgan fingerprint density at radius 2 is 1.83 bits per heavy atom. The van der Waals surface area contributed by atoms with E-state index in [4.69, 9.17) is 0 Å². The zero-order valence-corrected chi connectivity index (χ0v) is 9.20. The number of carbonyl (C=O) groups excluding carboxylic acids is 1. The first kappa shape index (κ1) is 13.9. The van der Waals surface area contributed by atoms with Crippen LogP contribution in [-0.4, -0.2) is 19.2 Å². The quantitative estimate of drug-likeness (QED) is 0.572. The minimum Gasteiger partial charge on any atom is -0.365 e. The van der Waals surface area contributed by atoms with Crippen LogP contribution in [0, 0.1) is 21.7 Å². The fraction of sp³-hybridized carbons (Fsp3) is 0. The topological polar surface area (TPSA) is 146 Å². The number of amides is 1. The monoisotopic (exact) mass is 281 g/mol. The van der Waals surface area contributed by atoms with Crippen LogP contribution in [0.4, 0.5) is 14.5 Å². The van der Waals surface area contributed by atoms with Gasteiger partial charge in [-0.3, -0.25) is 14.9 Å². The molecule has 0 aliphatic rings. The van der Waals surface area contributed by atoms with Crippen molar-refractivity contribution in [2.45, 2.75) is 4.90 Å². The normalized spacial score (nSPS) is 11.3. The van der Waals surface area contributed by atoms with Gasteiger partial charge in [0.25, 0.3) is 5.91 Å². The van der Waals surface area contributed by atoms with Crippen molar-refractivity contribution in [2.24, 2.45) is 10.9 Å². The Bertz CT molecular complexity index is 658. The maximum Gasteiger partial charge on any atom is 0.307 e. The largest absolute Gasteiger partial charge is 0.365 e. The lowest BCUT2D eigenvalue weighted by Gasteiger charge is -2.06. The van der Waals surface area contributed by atoms with E-state index in [0.717, 1.165) is 0 Å². The fourth-order valence-corrected chi connectivity index (χ4v) is 1.78. The number of nitrogens with zero attached hydrogens (tertiary/aromatic N) is 1. The SMILES string of the molecule is NC(=O)c1c(F)c([N+](=O)[O-])cc(S(N)(=O)=O)c1F. The molecular weight excluding hydrogens is 276 g/mol. The molecule has 0 bridgehead atoms. The highest BCUT2D eigenvalue weighted by Crippen LogP contribution is 2.28. The summed E-state index contributed by atoms with van der Waals surface area (Å²) in [5.74, 6) is -5.43. The molecule has 0 saturated carbocycles. The number of sulfonamides is 1. The van der Waals surface area contributed by atoms with E-state index < -0.39 is 48.6 Å². The summed E-state index contributed by atoms with van der Waals surface area (Å²) in [5, 5.41) is 15.0. The van der Waals surface area contributed by atoms with Gasteiger partial charge in [0.1, 0.15) is 10.5 Å². The molecular formula is C7H5F2N3O5S. The minimum absolute atomic E-state index is 0.0758. The van der Waals surface area contributed by atoms with Crippen molar-refractivity contribution in [3.05, 3.63) is 33.4 Å². The lowest BCUT2D eigenvalue weighted by Crippen LogP contribution is -2.21. The molecule has 18 heavy (non-hydrogen) atoms. The van der Waals surface area contributed by atoms with Gasteiger partial charge in [-0.2, -0.15) is 4.39 Å². The van der Waals surface area contributed by atoms with Gasteiger partial charge < -0.3 is 5.73 Å². The van der Waals surface area contributed by atoms with E-state index in [0.29, 0.717) is 0 Å². The highest BCUT2D eigenvalue weighted by molar-refractivity contribution is 7.89. The lowest BCUT2D eigenvalue weighted by molar-refractivity contribution is -0.387. The van der Waals surface area contributed by atoms with Crippen LogP contribution in [0.3, 0.4) is 0 Å². The molecule has 0 heterocycles. The molecule has 0 spiro atoms. The summed E-state index contributed by atoms with van der Waals surface area (Å²) in [6.07, 6.45) is 0. The third-order valence-electron chi connectivity index (χ3n) is 1.90. The van der Waals surface area contributed by atoms with E-state index in [-0.39, 0.29) is 6.07 Å². The Balaban J connectivity index is 3.90. The third-order valence-corrected chi connectivity index (χ3v) is 2.81. The van der Waals surface area contributed by atoms with Gasteiger partial charge in [0.05, 0.1) is 4.92 Å². The van der Waals surface area contributed by atoms with Gasteiger partial charge in [-0.05, 0) is 0 Å². The summed E-state index contributed by atoms with van der Waals surface area (Å²) in [6.45, 7) is 0. The molecule has 0 saturated heterocycles. The number of carbonyl (C=O) groups is 1. The van der Waals surface area contributed by atoms with Crippen molar-refractivity contribution in [1.82, 2.24) is 0 Å². The van der Waals surface area contributed by atoms with Gasteiger partial charge >= 0.3 is 5.69 Å². The molecule has 1 aromatic rings. The van der Waals surface area contributed by atoms with Gasteiger partial charge in [-0.15, -0.1) is 0 Å². The first-order valence-corrected chi connectivity index (χ1v) is 5.61. The number of hydrogen-bond acceptors (Lipinski definition) is 5. The Kier molecular flexibility index (Phi) is 3.30. The Hall–Kier alpha value is -2.14. The smallest absolute Gasteiger partial charge is 0.307 e. The molecule has 1 rings (SSSR count). The zero-order valence-electron chi connectivity index (χ0n) is 8.38. The number of primary amides is 1. The minimum atomic E-state index is -4.72. The van der Waals surface area contributed by atoms with Crippen LogP contribution in [0.2, 0.25) is 0 Å². The van der Waals surface area contributed by atoms with Crippen molar-refractivity contribution in [3.8, 4) is 0 Å². The van der Waals surface area contributed by atoms with Crippen molar-refractivity contribution in [3.63, 3.8) is 0 Å². The molecule has 98 valence electrons. The van der Waals surface area contributed by atoms with Crippen LogP contribution in [0.15, 0.2) is 11.0 Å². The van der Waals surface area contributed by atoms with Crippen molar-refractivity contribution in [1.29, 1.82) is 0 Å². The lowest BCUT2D eigenvalue weighted by atomic mass is 10.1. The van der Waals surface area contributed by atoms with Crippen molar-refractivity contribution in [2.75, 3.05) is 0 Å². The second kappa shape index (κ2) is 4.27. The number of nitro groups is 1. The highest BCUT2D eigenvalue weighted by atomic mass is 32.2. The molecule has 0 fully saturated rings. The second-order valence-corrected chi connectivity index (χ2v) is 4.59. The summed E-state index contributed by atoms with van der Waals surface area (Å²) < 4.78 is 48.8. The average Bonchev–Trinajstić information content (AvgIpc) is 2.13. The molecule has 0 aliphatic heterocycles. The number of primary sulfonamides is 1. The standard InChI is InChI=1S/C7H5F2N3O5S/c8-5-2(12(14)15)1-3(18(11,16)17)6(9)4(5)7(10)13/h1H,(H2,10,13)(H2,11,16,17). The molecule has 0 unspecified atom stereocenters. The maximum absolute atomic E-state index is 13.5. The molecule has 8 nitrogen and oxygen atoms in total. The third kappa shape index (κ3) is 2.26. The average molecular weight is 281 g/mol. The zero-order chi connectivity index (χ0) is 14.2. The first-order valence-electron chi connectivity index (χ1n) is 4.06. The molecule has 4 N–H and O–H groups in total. The number of hydrogen-bond donors (Lipinski definition) is 2. The van der Waals surface area contributed by atoms with Crippen LogP contribution < -0.4 is 10.9 Å². The van der Waals surface area contributed by atoms with E-state index >= 15 is 0 Å².